The summed E-state index contributed by atoms with van der Waals surface area (Å²) in [5.74, 6) is 0.406. The molecule has 27 heavy (non-hydrogen) atoms. The van der Waals surface area contributed by atoms with Gasteiger partial charge in [0.25, 0.3) is 0 Å². The first-order valence-corrected chi connectivity index (χ1v) is 10.6. The minimum Gasteiger partial charge on any atom is -0.379 e. The quantitative estimate of drug-likeness (QED) is 0.807. The van der Waals surface area contributed by atoms with Gasteiger partial charge in [0.05, 0.1) is 13.2 Å². The Morgan fingerprint density at radius 1 is 1.04 bits per heavy atom. The molecule has 4 rings (SSSR count). The third-order valence-corrected chi connectivity index (χ3v) is 6.45. The Bertz CT molecular complexity index is 619. The van der Waals surface area contributed by atoms with Crippen molar-refractivity contribution in [3.63, 3.8) is 0 Å². The van der Waals surface area contributed by atoms with Crippen LogP contribution >= 0.6 is 0 Å². The standard InChI is InChI=1S/C22H33N3O2/c1-18(17-23-11-13-27-14-12-23)22(26)25-8-4-7-24(9-10-25)21-15-19-5-2-3-6-20(19)16-21/h2-3,5-6,18,21H,4,7-17H2,1H3/t18-/m1/s1. The molecule has 0 saturated carbocycles. The number of morpholine rings is 1. The Morgan fingerprint density at radius 3 is 2.44 bits per heavy atom. The number of hydrogen-bond donors (Lipinski definition) is 0. The molecule has 148 valence electrons. The predicted octanol–water partition coefficient (Wildman–Crippen LogP) is 1.66. The molecule has 0 spiro atoms. The van der Waals surface area contributed by atoms with E-state index in [4.69, 9.17) is 4.74 Å². The largest absolute Gasteiger partial charge is 0.379 e. The molecule has 2 heterocycles. The summed E-state index contributed by atoms with van der Waals surface area (Å²) >= 11 is 0. The molecule has 2 aliphatic heterocycles. The Hall–Kier alpha value is -1.43. The van der Waals surface area contributed by atoms with Crippen LogP contribution in [0.4, 0.5) is 0 Å². The lowest BCUT2D eigenvalue weighted by Crippen LogP contribution is -2.45. The second kappa shape index (κ2) is 8.72. The monoisotopic (exact) mass is 371 g/mol. The number of carbonyl (C=O) groups excluding carboxylic acids is 1. The number of ether oxygens (including phenoxy) is 1. The van der Waals surface area contributed by atoms with Crippen molar-refractivity contribution in [1.29, 1.82) is 0 Å². The molecule has 2 fully saturated rings. The molecule has 1 aliphatic carbocycles. The van der Waals surface area contributed by atoms with Crippen molar-refractivity contribution in [2.45, 2.75) is 32.2 Å². The summed E-state index contributed by atoms with van der Waals surface area (Å²) in [7, 11) is 0. The fourth-order valence-electron chi connectivity index (χ4n) is 4.88. The van der Waals surface area contributed by atoms with Crippen LogP contribution in [0.15, 0.2) is 24.3 Å². The van der Waals surface area contributed by atoms with Crippen LogP contribution in [0.2, 0.25) is 0 Å². The van der Waals surface area contributed by atoms with Crippen molar-refractivity contribution in [2.75, 3.05) is 59.0 Å². The number of benzene rings is 1. The number of amides is 1. The fourth-order valence-corrected chi connectivity index (χ4v) is 4.88. The summed E-state index contributed by atoms with van der Waals surface area (Å²) in [5, 5.41) is 0. The lowest BCUT2D eigenvalue weighted by molar-refractivity contribution is -0.135. The van der Waals surface area contributed by atoms with E-state index in [1.54, 1.807) is 0 Å². The molecular weight excluding hydrogens is 338 g/mol. The average Bonchev–Trinajstić information content (AvgIpc) is 2.97. The molecule has 0 unspecified atom stereocenters. The normalized spacial score (nSPS) is 23.8. The zero-order valence-corrected chi connectivity index (χ0v) is 16.6. The topological polar surface area (TPSA) is 36.0 Å². The molecular formula is C22H33N3O2. The van der Waals surface area contributed by atoms with Crippen LogP contribution < -0.4 is 0 Å². The maximum absolute atomic E-state index is 13.0. The lowest BCUT2D eigenvalue weighted by Gasteiger charge is -2.31. The van der Waals surface area contributed by atoms with E-state index >= 15 is 0 Å². The van der Waals surface area contributed by atoms with Crippen molar-refractivity contribution in [3.05, 3.63) is 35.4 Å². The Balaban J connectivity index is 1.28. The molecule has 0 aromatic heterocycles. The third-order valence-electron chi connectivity index (χ3n) is 6.45. The summed E-state index contributed by atoms with van der Waals surface area (Å²) in [4.78, 5) is 20.1. The van der Waals surface area contributed by atoms with Gasteiger partial charge in [-0.05, 0) is 30.4 Å². The van der Waals surface area contributed by atoms with Gasteiger partial charge in [-0.2, -0.15) is 0 Å². The first kappa shape index (κ1) is 18.9. The van der Waals surface area contributed by atoms with Gasteiger partial charge in [0.1, 0.15) is 0 Å². The van der Waals surface area contributed by atoms with E-state index in [1.807, 2.05) is 0 Å². The average molecular weight is 372 g/mol. The molecule has 5 nitrogen and oxygen atoms in total. The fraction of sp³-hybridized carbons (Fsp3) is 0.682. The van der Waals surface area contributed by atoms with Crippen LogP contribution in [-0.2, 0) is 22.4 Å². The Morgan fingerprint density at radius 2 is 1.74 bits per heavy atom. The maximum atomic E-state index is 13.0. The summed E-state index contributed by atoms with van der Waals surface area (Å²) < 4.78 is 5.42. The minimum atomic E-state index is 0.0744. The zero-order valence-electron chi connectivity index (χ0n) is 16.6. The summed E-state index contributed by atoms with van der Waals surface area (Å²) in [5.41, 5.74) is 3.03. The minimum absolute atomic E-state index is 0.0744. The molecule has 1 atom stereocenters. The highest BCUT2D eigenvalue weighted by Crippen LogP contribution is 2.26. The summed E-state index contributed by atoms with van der Waals surface area (Å²) in [6.45, 7) is 10.3. The maximum Gasteiger partial charge on any atom is 0.226 e. The number of carbonyl (C=O) groups is 1. The van der Waals surface area contributed by atoms with Gasteiger partial charge < -0.3 is 9.64 Å². The zero-order chi connectivity index (χ0) is 18.6. The molecule has 1 aromatic carbocycles. The van der Waals surface area contributed by atoms with E-state index in [0.717, 1.165) is 78.3 Å². The predicted molar refractivity (Wildman–Crippen MR) is 107 cm³/mol. The third kappa shape index (κ3) is 4.53. The van der Waals surface area contributed by atoms with Crippen LogP contribution in [-0.4, -0.2) is 85.7 Å². The van der Waals surface area contributed by atoms with Crippen LogP contribution in [0.25, 0.3) is 0 Å². The van der Waals surface area contributed by atoms with Crippen LogP contribution in [0, 0.1) is 5.92 Å². The molecule has 0 radical (unpaired) electrons. The SMILES string of the molecule is C[C@H](CN1CCOCC1)C(=O)N1CCCN(C2Cc3ccccc3C2)CC1. The van der Waals surface area contributed by atoms with Crippen molar-refractivity contribution in [3.8, 4) is 0 Å². The highest BCUT2D eigenvalue weighted by atomic mass is 16.5. The molecule has 0 bridgehead atoms. The Kier molecular flexibility index (Phi) is 6.11. The first-order chi connectivity index (χ1) is 13.2. The van der Waals surface area contributed by atoms with E-state index in [-0.39, 0.29) is 5.92 Å². The highest BCUT2D eigenvalue weighted by molar-refractivity contribution is 5.78. The van der Waals surface area contributed by atoms with Gasteiger partial charge in [-0.25, -0.2) is 0 Å². The number of nitrogens with zero attached hydrogens (tertiary/aromatic N) is 3. The van der Waals surface area contributed by atoms with E-state index in [2.05, 4.69) is 45.9 Å². The van der Waals surface area contributed by atoms with Crippen molar-refractivity contribution in [2.24, 2.45) is 5.92 Å². The van der Waals surface area contributed by atoms with E-state index in [0.29, 0.717) is 11.9 Å². The number of fused-ring (bicyclic) bond motifs is 1. The molecule has 5 heteroatoms. The van der Waals surface area contributed by atoms with Gasteiger partial charge in [0.2, 0.25) is 5.91 Å². The molecule has 0 N–H and O–H groups in total. The molecule has 3 aliphatic rings. The smallest absolute Gasteiger partial charge is 0.226 e. The lowest BCUT2D eigenvalue weighted by atomic mass is 10.1. The van der Waals surface area contributed by atoms with Gasteiger partial charge in [-0.1, -0.05) is 31.2 Å². The summed E-state index contributed by atoms with van der Waals surface area (Å²) in [6, 6.07) is 9.47. The number of hydrogen-bond acceptors (Lipinski definition) is 4. The van der Waals surface area contributed by atoms with Gasteiger partial charge in [-0.3, -0.25) is 14.6 Å². The second-order valence-electron chi connectivity index (χ2n) is 8.36. The molecule has 1 amide bonds. The van der Waals surface area contributed by atoms with Crippen LogP contribution in [0.5, 0.6) is 0 Å². The van der Waals surface area contributed by atoms with Gasteiger partial charge in [0, 0.05) is 57.8 Å². The van der Waals surface area contributed by atoms with Crippen molar-refractivity contribution < 1.29 is 9.53 Å². The highest BCUT2D eigenvalue weighted by Gasteiger charge is 2.30. The van der Waals surface area contributed by atoms with E-state index in [9.17, 15) is 4.79 Å². The van der Waals surface area contributed by atoms with Gasteiger partial charge >= 0.3 is 0 Å². The molecule has 2 saturated heterocycles. The molecule has 1 aromatic rings. The van der Waals surface area contributed by atoms with Crippen molar-refractivity contribution >= 4 is 5.91 Å². The first-order valence-electron chi connectivity index (χ1n) is 10.6. The second-order valence-corrected chi connectivity index (χ2v) is 8.36. The van der Waals surface area contributed by atoms with E-state index < -0.39 is 0 Å². The Labute approximate surface area is 163 Å². The van der Waals surface area contributed by atoms with Gasteiger partial charge in [-0.15, -0.1) is 0 Å². The van der Waals surface area contributed by atoms with E-state index in [1.165, 1.54) is 11.1 Å². The van der Waals surface area contributed by atoms with Crippen LogP contribution in [0.3, 0.4) is 0 Å². The van der Waals surface area contributed by atoms with Gasteiger partial charge in [0.15, 0.2) is 0 Å². The van der Waals surface area contributed by atoms with Crippen molar-refractivity contribution in [1.82, 2.24) is 14.7 Å². The summed E-state index contributed by atoms with van der Waals surface area (Å²) in [6.07, 6.45) is 3.41. The number of rotatable bonds is 4. The van der Waals surface area contributed by atoms with Crippen LogP contribution in [0.1, 0.15) is 24.5 Å².